The Morgan fingerprint density at radius 1 is 1.12 bits per heavy atom. The lowest BCUT2D eigenvalue weighted by Crippen LogP contribution is -2.31. The molecule has 0 aliphatic carbocycles. The number of hydrogen-bond donors (Lipinski definition) is 0. The third kappa shape index (κ3) is 3.45. The molecule has 2 aromatic heterocycles. The summed E-state index contributed by atoms with van der Waals surface area (Å²) in [5.41, 5.74) is 1.83. The number of aromatic nitrogens is 3. The summed E-state index contributed by atoms with van der Waals surface area (Å²) in [5.74, 6) is 1.11. The minimum Gasteiger partial charge on any atom is -0.448 e. The predicted molar refractivity (Wildman–Crippen MR) is 86.8 cm³/mol. The van der Waals surface area contributed by atoms with Crippen LogP contribution in [0.1, 0.15) is 22.7 Å². The highest BCUT2D eigenvalue weighted by Gasteiger charge is 2.30. The largest absolute Gasteiger partial charge is 0.448 e. The quantitative estimate of drug-likeness (QED) is 0.713. The molecule has 8 heteroatoms. The monoisotopic (exact) mass is 360 g/mol. The number of benzene rings is 1. The first kappa shape index (κ1) is 16.7. The number of nitrogens with zero attached hydrogens (tertiary/aromatic N) is 4. The topological polar surface area (TPSA) is 55.1 Å². The van der Waals surface area contributed by atoms with Crippen molar-refractivity contribution >= 4 is 0 Å². The van der Waals surface area contributed by atoms with E-state index in [-0.39, 0.29) is 0 Å². The summed E-state index contributed by atoms with van der Waals surface area (Å²) in [5, 5.41) is 0. The molecule has 0 amide bonds. The first-order valence-electron chi connectivity index (χ1n) is 8.12. The standard InChI is InChI=1S/C18H15F3N4O/c19-18(20,21)14-3-1-12(2-4-14)17-23-9-13-10-25(7-5-15(13)24-17)11-16-22-6-8-26-16/h1-4,6,8-9H,5,7,10-11H2. The van der Waals surface area contributed by atoms with E-state index in [1.54, 1.807) is 18.7 Å². The van der Waals surface area contributed by atoms with Gasteiger partial charge < -0.3 is 4.42 Å². The summed E-state index contributed by atoms with van der Waals surface area (Å²) in [7, 11) is 0. The van der Waals surface area contributed by atoms with Gasteiger partial charge in [0.15, 0.2) is 5.82 Å². The van der Waals surface area contributed by atoms with Crippen LogP contribution < -0.4 is 0 Å². The Balaban J connectivity index is 1.51. The van der Waals surface area contributed by atoms with Crippen LogP contribution in [0.25, 0.3) is 11.4 Å². The molecule has 4 rings (SSSR count). The third-order valence-corrected chi connectivity index (χ3v) is 4.33. The van der Waals surface area contributed by atoms with Crippen molar-refractivity contribution in [3.05, 3.63) is 65.6 Å². The van der Waals surface area contributed by atoms with Crippen LogP contribution in [0.3, 0.4) is 0 Å². The molecule has 134 valence electrons. The molecule has 0 atom stereocenters. The highest BCUT2D eigenvalue weighted by molar-refractivity contribution is 5.56. The summed E-state index contributed by atoms with van der Waals surface area (Å²) in [6.07, 6.45) is 1.31. The summed E-state index contributed by atoms with van der Waals surface area (Å²) in [4.78, 5) is 15.2. The smallest absolute Gasteiger partial charge is 0.416 e. The fraction of sp³-hybridized carbons (Fsp3) is 0.278. The highest BCUT2D eigenvalue weighted by atomic mass is 19.4. The Morgan fingerprint density at radius 3 is 2.62 bits per heavy atom. The average molecular weight is 360 g/mol. The summed E-state index contributed by atoms with van der Waals surface area (Å²) in [6, 6.07) is 4.91. The van der Waals surface area contributed by atoms with Gasteiger partial charge in [-0.05, 0) is 12.1 Å². The van der Waals surface area contributed by atoms with Crippen molar-refractivity contribution in [1.29, 1.82) is 0 Å². The van der Waals surface area contributed by atoms with Crippen molar-refractivity contribution in [2.45, 2.75) is 25.7 Å². The number of halogens is 3. The van der Waals surface area contributed by atoms with Gasteiger partial charge in [-0.1, -0.05) is 12.1 Å². The van der Waals surface area contributed by atoms with Crippen molar-refractivity contribution in [2.75, 3.05) is 6.54 Å². The van der Waals surface area contributed by atoms with Gasteiger partial charge in [0.25, 0.3) is 0 Å². The van der Waals surface area contributed by atoms with E-state index < -0.39 is 11.7 Å². The van der Waals surface area contributed by atoms with Crippen LogP contribution in [0.5, 0.6) is 0 Å². The SMILES string of the molecule is FC(F)(F)c1ccc(-c2ncc3c(n2)CCN(Cc2ncco2)C3)cc1. The second-order valence-electron chi connectivity index (χ2n) is 6.13. The van der Waals surface area contributed by atoms with Crippen LogP contribution in [0.2, 0.25) is 0 Å². The first-order chi connectivity index (χ1) is 12.5. The maximum absolute atomic E-state index is 12.7. The second kappa shape index (κ2) is 6.53. The maximum Gasteiger partial charge on any atom is 0.416 e. The van der Waals surface area contributed by atoms with Crippen LogP contribution >= 0.6 is 0 Å². The first-order valence-corrected chi connectivity index (χ1v) is 8.12. The zero-order chi connectivity index (χ0) is 18.1. The van der Waals surface area contributed by atoms with Gasteiger partial charge in [-0.15, -0.1) is 0 Å². The molecule has 0 fully saturated rings. The lowest BCUT2D eigenvalue weighted by atomic mass is 10.1. The molecule has 1 aliphatic rings. The van der Waals surface area contributed by atoms with Crippen molar-refractivity contribution < 1.29 is 17.6 Å². The van der Waals surface area contributed by atoms with Gasteiger partial charge in [0.1, 0.15) is 6.26 Å². The Kier molecular flexibility index (Phi) is 4.20. The molecule has 0 saturated heterocycles. The Labute approximate surface area is 147 Å². The molecular formula is C18H15F3N4O. The van der Waals surface area contributed by atoms with Gasteiger partial charge >= 0.3 is 6.18 Å². The molecule has 1 aliphatic heterocycles. The fourth-order valence-electron chi connectivity index (χ4n) is 2.98. The average Bonchev–Trinajstić information content (AvgIpc) is 3.14. The minimum absolute atomic E-state index is 0.443. The molecule has 1 aromatic carbocycles. The van der Waals surface area contributed by atoms with Crippen molar-refractivity contribution in [2.24, 2.45) is 0 Å². The molecule has 0 spiro atoms. The van der Waals surface area contributed by atoms with Crippen LogP contribution in [0.4, 0.5) is 13.2 Å². The fourth-order valence-corrected chi connectivity index (χ4v) is 2.98. The van der Waals surface area contributed by atoms with Crippen LogP contribution in [-0.4, -0.2) is 26.4 Å². The molecule has 0 N–H and O–H groups in total. The zero-order valence-electron chi connectivity index (χ0n) is 13.7. The second-order valence-corrected chi connectivity index (χ2v) is 6.13. The molecule has 5 nitrogen and oxygen atoms in total. The summed E-state index contributed by atoms with van der Waals surface area (Å²) < 4.78 is 43.3. The Hall–Kier alpha value is -2.74. The van der Waals surface area contributed by atoms with Gasteiger partial charge in [-0.25, -0.2) is 15.0 Å². The summed E-state index contributed by atoms with van der Waals surface area (Å²) >= 11 is 0. The van der Waals surface area contributed by atoms with Gasteiger partial charge in [-0.2, -0.15) is 13.2 Å². The molecular weight excluding hydrogens is 345 g/mol. The van der Waals surface area contributed by atoms with Gasteiger partial charge in [-0.3, -0.25) is 4.90 Å². The zero-order valence-corrected chi connectivity index (χ0v) is 13.7. The van der Waals surface area contributed by atoms with E-state index in [1.165, 1.54) is 12.1 Å². The molecule has 3 heterocycles. The molecule has 0 bridgehead atoms. The minimum atomic E-state index is -4.35. The molecule has 0 saturated carbocycles. The number of alkyl halides is 3. The van der Waals surface area contributed by atoms with Crippen molar-refractivity contribution in [3.63, 3.8) is 0 Å². The lowest BCUT2D eigenvalue weighted by molar-refractivity contribution is -0.137. The van der Waals surface area contributed by atoms with Crippen LogP contribution in [0.15, 0.2) is 47.3 Å². The number of hydrogen-bond acceptors (Lipinski definition) is 5. The lowest BCUT2D eigenvalue weighted by Gasteiger charge is -2.26. The van der Waals surface area contributed by atoms with E-state index >= 15 is 0 Å². The van der Waals surface area contributed by atoms with Crippen LogP contribution in [0, 0.1) is 0 Å². The van der Waals surface area contributed by atoms with E-state index in [0.717, 1.165) is 36.4 Å². The number of fused-ring (bicyclic) bond motifs is 1. The Bertz CT molecular complexity index is 892. The molecule has 0 radical (unpaired) electrons. The molecule has 3 aromatic rings. The van der Waals surface area contributed by atoms with Gasteiger partial charge in [0.2, 0.25) is 5.89 Å². The normalized spacial score (nSPS) is 15.0. The summed E-state index contributed by atoms with van der Waals surface area (Å²) in [6.45, 7) is 2.11. The van der Waals surface area contributed by atoms with E-state index in [0.29, 0.717) is 30.4 Å². The van der Waals surface area contributed by atoms with Crippen molar-refractivity contribution in [3.8, 4) is 11.4 Å². The van der Waals surface area contributed by atoms with Gasteiger partial charge in [0, 0.05) is 36.8 Å². The number of rotatable bonds is 3. The highest BCUT2D eigenvalue weighted by Crippen LogP contribution is 2.30. The van der Waals surface area contributed by atoms with E-state index in [1.807, 2.05) is 0 Å². The van der Waals surface area contributed by atoms with Gasteiger partial charge in [0.05, 0.1) is 24.0 Å². The molecule has 0 unspecified atom stereocenters. The molecule has 26 heavy (non-hydrogen) atoms. The van der Waals surface area contributed by atoms with Crippen LogP contribution in [-0.2, 0) is 25.7 Å². The third-order valence-electron chi connectivity index (χ3n) is 4.33. The van der Waals surface area contributed by atoms with E-state index in [2.05, 4.69) is 19.9 Å². The van der Waals surface area contributed by atoms with E-state index in [4.69, 9.17) is 4.42 Å². The number of oxazole rings is 1. The maximum atomic E-state index is 12.7. The Morgan fingerprint density at radius 2 is 1.92 bits per heavy atom. The predicted octanol–water partition coefficient (Wildman–Crippen LogP) is 3.71. The van der Waals surface area contributed by atoms with E-state index in [9.17, 15) is 13.2 Å². The van der Waals surface area contributed by atoms with Crippen molar-refractivity contribution in [1.82, 2.24) is 19.9 Å².